The second-order valence-electron chi connectivity index (χ2n) is 40.0. The van der Waals surface area contributed by atoms with E-state index >= 15 is 0 Å². The van der Waals surface area contributed by atoms with Crippen LogP contribution in [0.25, 0.3) is 99.8 Å². The largest absolute Gasteiger partial charge is 0.310 e. The molecule has 2 aliphatic heterocycles. The highest BCUT2D eigenvalue weighted by molar-refractivity contribution is 7.00. The number of allylic oxidation sites excluding steroid dienone is 12. The highest BCUT2D eigenvalue weighted by atomic mass is 15.2. The summed E-state index contributed by atoms with van der Waals surface area (Å²) < 4.78 is 2.53. The van der Waals surface area contributed by atoms with E-state index in [0.29, 0.717) is 5.92 Å². The Kier molecular flexibility index (Phi) is 18.9. The van der Waals surface area contributed by atoms with Crippen LogP contribution in [0, 0.1) is 28.6 Å². The van der Waals surface area contributed by atoms with E-state index in [4.69, 9.17) is 0 Å². The fourth-order valence-electron chi connectivity index (χ4n) is 21.4. The van der Waals surface area contributed by atoms with E-state index in [1.807, 2.05) is 0 Å². The predicted octanol–water partition coefficient (Wildman–Crippen LogP) is 31.3. The van der Waals surface area contributed by atoms with Crippen LogP contribution >= 0.6 is 0 Å². The molecular weight excluding hydrogens is 1530 g/mol. The van der Waals surface area contributed by atoms with Crippen LogP contribution in [0.15, 0.2) is 416 Å². The second kappa shape index (κ2) is 30.4. The Labute approximate surface area is 750 Å². The van der Waals surface area contributed by atoms with Gasteiger partial charge < -0.3 is 19.3 Å². The minimum absolute atomic E-state index is 0.0562. The number of hydrogen-bond acceptors (Lipinski definition) is 3. The summed E-state index contributed by atoms with van der Waals surface area (Å²) in [6, 6.07) is 134. The molecule has 0 bridgehead atoms. The van der Waals surface area contributed by atoms with Crippen molar-refractivity contribution in [3.63, 3.8) is 0 Å². The molecular formula is C122H105BN4. The van der Waals surface area contributed by atoms with Crippen molar-refractivity contribution in [3.05, 3.63) is 433 Å². The zero-order valence-corrected chi connectivity index (χ0v) is 74.8. The molecule has 3 atom stereocenters. The minimum Gasteiger partial charge on any atom is -0.310 e. The number of fused-ring (bicyclic) bond motifs is 7. The van der Waals surface area contributed by atoms with Gasteiger partial charge in [-0.15, -0.1) is 0 Å². The third-order valence-electron chi connectivity index (χ3n) is 28.0. The maximum Gasteiger partial charge on any atom is 0.252 e. The molecule has 0 spiro atoms. The molecule has 4 nitrogen and oxygen atoms in total. The highest BCUT2D eigenvalue weighted by Gasteiger charge is 2.49. The molecule has 5 heteroatoms. The lowest BCUT2D eigenvalue weighted by atomic mass is 9.33. The van der Waals surface area contributed by atoms with Gasteiger partial charge >= 0.3 is 0 Å². The SMILES string of the molecule is CC(C)(C)C1=CC2=CC(c3ccc4c(c3)N(c3c(-c5ccccc5)cc(C(C)(C)C)cc3-c3ccccc3)c3cc(N(c5ccc(-c6ccccc6)cc5)c5ccc(-c6ccccc6)cc5)cc5c3B4c3ccc(-n4c6ccccc6c6ccccc64)cc3N5c3c(-c4ccccc4)cc(C(C)(C)C)cc3-c3ccccc3)=C3C=C(C(C)(C)C)CC4C=CC(=C1)C2C34. The number of anilines is 9. The number of hydrogen-bond donors (Lipinski definition) is 0. The maximum atomic E-state index is 2.80. The van der Waals surface area contributed by atoms with Crippen molar-refractivity contribution < 1.29 is 0 Å². The molecule has 4 aliphatic carbocycles. The Morgan fingerprint density at radius 3 is 1.16 bits per heavy atom. The molecule has 0 radical (unpaired) electrons. The normalized spacial score (nSPS) is 16.3. The summed E-state index contributed by atoms with van der Waals surface area (Å²) in [5, 5.41) is 2.43. The molecule has 616 valence electrons. The Balaban J connectivity index is 0.937. The van der Waals surface area contributed by atoms with E-state index in [9.17, 15) is 0 Å². The van der Waals surface area contributed by atoms with Crippen molar-refractivity contribution >= 4 is 102 Å². The zero-order valence-electron chi connectivity index (χ0n) is 74.8. The lowest BCUT2D eigenvalue weighted by molar-refractivity contribution is 0.329. The van der Waals surface area contributed by atoms with E-state index in [2.05, 4.69) is 491 Å². The molecule has 16 aromatic rings. The van der Waals surface area contributed by atoms with Crippen molar-refractivity contribution in [1.29, 1.82) is 0 Å². The maximum absolute atomic E-state index is 2.80. The monoisotopic (exact) mass is 1640 g/mol. The first kappa shape index (κ1) is 78.9. The van der Waals surface area contributed by atoms with Gasteiger partial charge in [0.2, 0.25) is 0 Å². The average Bonchev–Trinajstić information content (AvgIpc) is 0.901. The van der Waals surface area contributed by atoms with Gasteiger partial charge in [-0.2, -0.15) is 0 Å². The summed E-state index contributed by atoms with van der Waals surface area (Å²) >= 11 is 0. The molecule has 1 aromatic heterocycles. The van der Waals surface area contributed by atoms with Crippen LogP contribution < -0.4 is 31.1 Å². The van der Waals surface area contributed by atoms with Crippen LogP contribution in [0.2, 0.25) is 0 Å². The van der Waals surface area contributed by atoms with Crippen LogP contribution in [0.3, 0.4) is 0 Å². The fourth-order valence-corrected chi connectivity index (χ4v) is 21.4. The highest BCUT2D eigenvalue weighted by Crippen LogP contribution is 2.61. The molecule has 0 saturated carbocycles. The molecule has 0 amide bonds. The Hall–Kier alpha value is -14.0. The first-order valence-corrected chi connectivity index (χ1v) is 45.6. The van der Waals surface area contributed by atoms with Crippen LogP contribution in [-0.2, 0) is 10.8 Å². The van der Waals surface area contributed by atoms with Crippen LogP contribution in [-0.4, -0.2) is 11.3 Å². The Morgan fingerprint density at radius 1 is 0.323 bits per heavy atom. The Bertz CT molecular complexity index is 7020. The molecule has 0 N–H and O–H groups in total. The number of aromatic nitrogens is 1. The third-order valence-corrected chi connectivity index (χ3v) is 28.0. The summed E-state index contributed by atoms with van der Waals surface area (Å²) in [4.78, 5) is 8.11. The van der Waals surface area contributed by atoms with Crippen LogP contribution in [0.1, 0.15) is 106 Å². The van der Waals surface area contributed by atoms with Gasteiger partial charge in [-0.1, -0.05) is 386 Å². The summed E-state index contributed by atoms with van der Waals surface area (Å²) in [7, 11) is 0. The van der Waals surface area contributed by atoms with Gasteiger partial charge in [0.25, 0.3) is 6.71 Å². The third kappa shape index (κ3) is 13.7. The van der Waals surface area contributed by atoms with Gasteiger partial charge in [-0.3, -0.25) is 0 Å². The van der Waals surface area contributed by atoms with Gasteiger partial charge in [0.05, 0.1) is 28.1 Å². The molecule has 15 aromatic carbocycles. The number of nitrogens with zero attached hydrogens (tertiary/aromatic N) is 4. The smallest absolute Gasteiger partial charge is 0.252 e. The molecule has 0 saturated heterocycles. The van der Waals surface area contributed by atoms with Gasteiger partial charge in [0.1, 0.15) is 0 Å². The zero-order chi connectivity index (χ0) is 86.5. The number of para-hydroxylation sites is 2. The van der Waals surface area contributed by atoms with Crippen molar-refractivity contribution in [1.82, 2.24) is 4.57 Å². The molecule has 0 fully saturated rings. The second-order valence-corrected chi connectivity index (χ2v) is 40.0. The molecule has 22 rings (SSSR count). The van der Waals surface area contributed by atoms with E-state index in [1.165, 1.54) is 88.4 Å². The average molecular weight is 1640 g/mol. The van der Waals surface area contributed by atoms with Gasteiger partial charge in [-0.25, -0.2) is 0 Å². The quantitative estimate of drug-likeness (QED) is 0.107. The summed E-state index contributed by atoms with van der Waals surface area (Å²) in [6.45, 7) is 28.4. The molecule has 127 heavy (non-hydrogen) atoms. The van der Waals surface area contributed by atoms with Crippen molar-refractivity contribution in [2.24, 2.45) is 28.6 Å². The van der Waals surface area contributed by atoms with Crippen LogP contribution in [0.4, 0.5) is 51.2 Å². The van der Waals surface area contributed by atoms with E-state index < -0.39 is 0 Å². The lowest BCUT2D eigenvalue weighted by Crippen LogP contribution is -2.61. The topological polar surface area (TPSA) is 14.7 Å². The fraction of sp³-hybridized carbons (Fsp3) is 0.164. The minimum atomic E-state index is -0.338. The molecule has 3 heterocycles. The molecule has 6 aliphatic rings. The van der Waals surface area contributed by atoms with Gasteiger partial charge in [-0.05, 0) is 230 Å². The van der Waals surface area contributed by atoms with Crippen molar-refractivity contribution in [2.45, 2.75) is 100 Å². The predicted molar refractivity (Wildman–Crippen MR) is 542 cm³/mol. The summed E-state index contributed by atoms with van der Waals surface area (Å²) in [5.74, 6) is 0.825. The van der Waals surface area contributed by atoms with Gasteiger partial charge in [0, 0.05) is 84.7 Å². The van der Waals surface area contributed by atoms with E-state index in [-0.39, 0.29) is 40.2 Å². The summed E-state index contributed by atoms with van der Waals surface area (Å²) in [6.07, 6.45) is 16.6. The summed E-state index contributed by atoms with van der Waals surface area (Å²) in [5.41, 5.74) is 42.0. The van der Waals surface area contributed by atoms with Crippen molar-refractivity contribution in [2.75, 3.05) is 14.7 Å². The van der Waals surface area contributed by atoms with E-state index in [1.54, 1.807) is 0 Å². The number of rotatable bonds is 13. The first-order chi connectivity index (χ1) is 61.5. The van der Waals surface area contributed by atoms with Crippen molar-refractivity contribution in [3.8, 4) is 72.4 Å². The standard InChI is InChI=1S/C122H105BN4/c1-119(2,3)90-65-87-51-52-88-66-91(120(4,5)6)74-105-100(68-89(67-90)114(87)115(88)105)86-57-63-106-110(69-86)126(117-101(82-39-23-15-24-40-82)70-92(121(7,8)9)71-102(117)83-41-25-16-26-42-83)112-76-97(124(94-58-53-80(54-59-94)78-35-19-13-20-36-78)95-60-55-81(56-61-95)79-37-21-14-22-38-79)77-113-116(112)123(106)107-64-62-96(125-108-49-33-31-47-98(108)99-48-32-34-50-109(99)125)75-111(107)127(113)118-103(84-43-27-17-28-44-84)72-93(122(10,11)12)73-104(118)85-45-29-18-30-46-85/h13-65,67-77,88,114-115H,66H2,1-12H3. The van der Waals surface area contributed by atoms with Gasteiger partial charge in [0.15, 0.2) is 0 Å². The van der Waals surface area contributed by atoms with Crippen LogP contribution in [0.5, 0.6) is 0 Å². The first-order valence-electron chi connectivity index (χ1n) is 45.6. The number of benzene rings is 15. The lowest BCUT2D eigenvalue weighted by Gasteiger charge is -2.48. The Morgan fingerprint density at radius 2 is 0.724 bits per heavy atom. The van der Waals surface area contributed by atoms with E-state index in [0.717, 1.165) is 130 Å². The molecule has 3 unspecified atom stereocenters.